The van der Waals surface area contributed by atoms with Gasteiger partial charge in [0.05, 0.1) is 12.0 Å². The van der Waals surface area contributed by atoms with E-state index < -0.39 is 5.97 Å². The molecule has 0 spiro atoms. The van der Waals surface area contributed by atoms with Crippen molar-refractivity contribution in [2.45, 2.75) is 13.8 Å². The zero-order chi connectivity index (χ0) is 18.7. The minimum atomic E-state index is -0.402. The SMILES string of the molecule is C=Cc1cc(Nc2ncnc3[nH]c(C(=O)OCC)c(C)c23)ccc1NC. The zero-order valence-corrected chi connectivity index (χ0v) is 15.0. The second-order valence-electron chi connectivity index (χ2n) is 5.67. The third kappa shape index (κ3) is 3.11. The average Bonchev–Trinajstić information content (AvgIpc) is 2.99. The summed E-state index contributed by atoms with van der Waals surface area (Å²) in [4.78, 5) is 23.7. The van der Waals surface area contributed by atoms with Crippen molar-refractivity contribution in [3.63, 3.8) is 0 Å². The summed E-state index contributed by atoms with van der Waals surface area (Å²) in [6.45, 7) is 7.77. The van der Waals surface area contributed by atoms with Crippen LogP contribution in [0.1, 0.15) is 28.5 Å². The highest BCUT2D eigenvalue weighted by molar-refractivity contribution is 6.01. The second kappa shape index (κ2) is 7.26. The number of nitrogens with one attached hydrogen (secondary N) is 3. The maximum Gasteiger partial charge on any atom is 0.355 e. The van der Waals surface area contributed by atoms with Crippen molar-refractivity contribution in [3.05, 3.63) is 47.9 Å². The van der Waals surface area contributed by atoms with Gasteiger partial charge in [-0.2, -0.15) is 0 Å². The number of hydrogen-bond donors (Lipinski definition) is 3. The van der Waals surface area contributed by atoms with Crippen LogP contribution in [0.2, 0.25) is 0 Å². The van der Waals surface area contributed by atoms with Crippen molar-refractivity contribution in [2.75, 3.05) is 24.3 Å². The number of fused-ring (bicyclic) bond motifs is 1. The molecular weight excluding hydrogens is 330 g/mol. The molecule has 7 heteroatoms. The Labute approximate surface area is 151 Å². The Kier molecular flexibility index (Phi) is 4.88. The van der Waals surface area contributed by atoms with Crippen molar-refractivity contribution in [1.82, 2.24) is 15.0 Å². The van der Waals surface area contributed by atoms with E-state index in [1.807, 2.05) is 32.2 Å². The summed E-state index contributed by atoms with van der Waals surface area (Å²) in [6.07, 6.45) is 3.24. The number of nitrogens with zero attached hydrogens (tertiary/aromatic N) is 2. The van der Waals surface area contributed by atoms with Gasteiger partial charge in [-0.3, -0.25) is 0 Å². The van der Waals surface area contributed by atoms with Crippen LogP contribution in [0.25, 0.3) is 17.1 Å². The summed E-state index contributed by atoms with van der Waals surface area (Å²) >= 11 is 0. The van der Waals surface area contributed by atoms with Crippen molar-refractivity contribution in [2.24, 2.45) is 0 Å². The summed E-state index contributed by atoms with van der Waals surface area (Å²) in [5.74, 6) is 0.216. The summed E-state index contributed by atoms with van der Waals surface area (Å²) in [7, 11) is 1.86. The molecule has 0 fully saturated rings. The van der Waals surface area contributed by atoms with Crippen LogP contribution in [0.5, 0.6) is 0 Å². The molecule has 134 valence electrons. The van der Waals surface area contributed by atoms with Gasteiger partial charge in [0.1, 0.15) is 23.5 Å². The summed E-state index contributed by atoms with van der Waals surface area (Å²) < 4.78 is 5.10. The Balaban J connectivity index is 2.03. The molecule has 0 saturated carbocycles. The largest absolute Gasteiger partial charge is 0.461 e. The molecule has 0 atom stereocenters. The molecule has 0 unspecified atom stereocenters. The molecule has 0 aliphatic carbocycles. The number of rotatable bonds is 6. The average molecular weight is 351 g/mol. The zero-order valence-electron chi connectivity index (χ0n) is 15.0. The van der Waals surface area contributed by atoms with E-state index in [0.717, 1.165) is 27.9 Å². The molecule has 0 aliphatic heterocycles. The number of carbonyl (C=O) groups is 1. The normalized spacial score (nSPS) is 10.6. The lowest BCUT2D eigenvalue weighted by Crippen LogP contribution is -2.06. The molecular formula is C19H21N5O2. The van der Waals surface area contributed by atoms with Gasteiger partial charge in [-0.15, -0.1) is 0 Å². The first-order chi connectivity index (χ1) is 12.6. The van der Waals surface area contributed by atoms with Crippen LogP contribution in [0.15, 0.2) is 31.1 Å². The Morgan fingerprint density at radius 2 is 2.19 bits per heavy atom. The first-order valence-electron chi connectivity index (χ1n) is 8.30. The number of hydrogen-bond acceptors (Lipinski definition) is 6. The van der Waals surface area contributed by atoms with Crippen molar-refractivity contribution < 1.29 is 9.53 Å². The fourth-order valence-corrected chi connectivity index (χ4v) is 2.85. The monoisotopic (exact) mass is 351 g/mol. The van der Waals surface area contributed by atoms with E-state index in [1.54, 1.807) is 13.0 Å². The first kappa shape index (κ1) is 17.5. The van der Waals surface area contributed by atoms with Crippen LogP contribution in [0, 0.1) is 6.92 Å². The number of benzene rings is 1. The van der Waals surface area contributed by atoms with Crippen LogP contribution in [0.3, 0.4) is 0 Å². The minimum absolute atomic E-state index is 0.312. The number of esters is 1. The molecule has 0 amide bonds. The van der Waals surface area contributed by atoms with Gasteiger partial charge in [-0.25, -0.2) is 14.8 Å². The van der Waals surface area contributed by atoms with E-state index in [2.05, 4.69) is 32.2 Å². The highest BCUT2D eigenvalue weighted by atomic mass is 16.5. The van der Waals surface area contributed by atoms with Crippen molar-refractivity contribution >= 4 is 40.3 Å². The molecule has 2 heterocycles. The van der Waals surface area contributed by atoms with E-state index in [4.69, 9.17) is 4.74 Å². The van der Waals surface area contributed by atoms with Crippen LogP contribution in [-0.2, 0) is 4.74 Å². The molecule has 2 aromatic heterocycles. The van der Waals surface area contributed by atoms with E-state index in [1.165, 1.54) is 6.33 Å². The Hall–Kier alpha value is -3.35. The van der Waals surface area contributed by atoms with E-state index in [-0.39, 0.29) is 0 Å². The molecule has 0 bridgehead atoms. The smallest absolute Gasteiger partial charge is 0.355 e. The van der Waals surface area contributed by atoms with E-state index in [0.29, 0.717) is 23.8 Å². The van der Waals surface area contributed by atoms with Gasteiger partial charge in [0.15, 0.2) is 0 Å². The molecule has 0 saturated heterocycles. The van der Waals surface area contributed by atoms with Gasteiger partial charge >= 0.3 is 5.97 Å². The molecule has 26 heavy (non-hydrogen) atoms. The van der Waals surface area contributed by atoms with Gasteiger partial charge in [0.2, 0.25) is 0 Å². The maximum atomic E-state index is 12.1. The Bertz CT molecular complexity index is 977. The lowest BCUT2D eigenvalue weighted by molar-refractivity contribution is 0.0519. The van der Waals surface area contributed by atoms with Gasteiger partial charge in [-0.1, -0.05) is 12.7 Å². The second-order valence-corrected chi connectivity index (χ2v) is 5.67. The molecule has 0 aliphatic rings. The predicted molar refractivity (Wildman–Crippen MR) is 104 cm³/mol. The highest BCUT2D eigenvalue weighted by Crippen LogP contribution is 2.30. The maximum absolute atomic E-state index is 12.1. The molecule has 3 rings (SSSR count). The minimum Gasteiger partial charge on any atom is -0.461 e. The number of H-pyrrole nitrogens is 1. The van der Waals surface area contributed by atoms with Crippen molar-refractivity contribution in [1.29, 1.82) is 0 Å². The van der Waals surface area contributed by atoms with Crippen LogP contribution in [-0.4, -0.2) is 34.6 Å². The predicted octanol–water partition coefficient (Wildman–Crippen LogP) is 3.87. The number of ether oxygens (including phenoxy) is 1. The molecule has 0 radical (unpaired) electrons. The van der Waals surface area contributed by atoms with Gasteiger partial charge in [-0.05, 0) is 43.2 Å². The van der Waals surface area contributed by atoms with Crippen LogP contribution in [0.4, 0.5) is 17.2 Å². The number of anilines is 3. The fraction of sp³-hybridized carbons (Fsp3) is 0.211. The summed E-state index contributed by atoms with van der Waals surface area (Å²) in [5.41, 5.74) is 4.54. The fourth-order valence-electron chi connectivity index (χ4n) is 2.85. The van der Waals surface area contributed by atoms with Crippen molar-refractivity contribution in [3.8, 4) is 0 Å². The lowest BCUT2D eigenvalue weighted by Gasteiger charge is -2.11. The standard InChI is InChI=1S/C19H21N5O2/c1-5-12-9-13(7-8-14(12)20-4)23-17-15-11(3)16(19(25)26-6-2)24-18(15)22-10-21-17/h5,7-10,20H,1,6H2,2-4H3,(H2,21,22,23,24). The van der Waals surface area contributed by atoms with Crippen LogP contribution >= 0.6 is 0 Å². The molecule has 3 aromatic rings. The molecule has 1 aromatic carbocycles. The van der Waals surface area contributed by atoms with Crippen LogP contribution < -0.4 is 10.6 Å². The third-order valence-electron chi connectivity index (χ3n) is 4.12. The number of aromatic amines is 1. The van der Waals surface area contributed by atoms with E-state index in [9.17, 15) is 4.79 Å². The molecule has 3 N–H and O–H groups in total. The van der Waals surface area contributed by atoms with Gasteiger partial charge < -0.3 is 20.4 Å². The third-order valence-corrected chi connectivity index (χ3v) is 4.12. The number of carbonyl (C=O) groups excluding carboxylic acids is 1. The van der Waals surface area contributed by atoms with E-state index >= 15 is 0 Å². The number of aromatic nitrogens is 3. The topological polar surface area (TPSA) is 91.9 Å². The number of aryl methyl sites for hydroxylation is 1. The Morgan fingerprint density at radius 1 is 1.38 bits per heavy atom. The summed E-state index contributed by atoms with van der Waals surface area (Å²) in [6, 6.07) is 5.88. The molecule has 7 nitrogen and oxygen atoms in total. The summed E-state index contributed by atoms with van der Waals surface area (Å²) in [5, 5.41) is 7.18. The first-order valence-corrected chi connectivity index (χ1v) is 8.30. The van der Waals surface area contributed by atoms with Gasteiger partial charge in [0, 0.05) is 18.4 Å². The quantitative estimate of drug-likeness (QED) is 0.584. The highest BCUT2D eigenvalue weighted by Gasteiger charge is 2.19. The lowest BCUT2D eigenvalue weighted by atomic mass is 10.1. The van der Waals surface area contributed by atoms with Gasteiger partial charge in [0.25, 0.3) is 0 Å². The Morgan fingerprint density at radius 3 is 2.88 bits per heavy atom.